The molecule has 2 aromatic heterocycles. The normalized spacial score (nSPS) is 12.3. The van der Waals surface area contributed by atoms with Crippen molar-refractivity contribution in [1.82, 2.24) is 9.55 Å². The molecule has 0 aliphatic carbocycles. The van der Waals surface area contributed by atoms with Crippen molar-refractivity contribution in [2.45, 2.75) is 40.2 Å². The molecule has 0 fully saturated rings. The number of hydrogen-bond acceptors (Lipinski definition) is 4. The van der Waals surface area contributed by atoms with Crippen LogP contribution in [-0.4, -0.2) is 15.5 Å². The highest BCUT2D eigenvalue weighted by Crippen LogP contribution is 2.21. The van der Waals surface area contributed by atoms with Gasteiger partial charge in [0, 0.05) is 11.3 Å². The van der Waals surface area contributed by atoms with Crippen molar-refractivity contribution in [1.29, 1.82) is 0 Å². The number of aryl methyl sites for hydroxylation is 3. The largest absolute Gasteiger partial charge is 0.443 e. The van der Waals surface area contributed by atoms with Crippen molar-refractivity contribution < 1.29 is 9.21 Å². The lowest BCUT2D eigenvalue weighted by Crippen LogP contribution is -2.33. The van der Waals surface area contributed by atoms with Crippen LogP contribution in [0.15, 0.2) is 39.8 Å². The average molecular weight is 339 g/mol. The van der Waals surface area contributed by atoms with Crippen LogP contribution in [0, 0.1) is 20.8 Å². The molecule has 25 heavy (non-hydrogen) atoms. The van der Waals surface area contributed by atoms with Gasteiger partial charge in [0.05, 0.1) is 0 Å². The zero-order valence-corrected chi connectivity index (χ0v) is 14.8. The van der Waals surface area contributed by atoms with Crippen molar-refractivity contribution in [2.24, 2.45) is 0 Å². The van der Waals surface area contributed by atoms with Gasteiger partial charge in [0.25, 0.3) is 5.56 Å². The summed E-state index contributed by atoms with van der Waals surface area (Å²) in [6, 6.07) is 6.89. The van der Waals surface area contributed by atoms with Crippen LogP contribution in [0.25, 0.3) is 11.1 Å². The highest BCUT2D eigenvalue weighted by Gasteiger charge is 2.23. The zero-order chi connectivity index (χ0) is 18.1. The number of nitrogens with zero attached hydrogens (tertiary/aromatic N) is 2. The minimum atomic E-state index is -0.639. The molecule has 3 rings (SSSR count). The SMILES string of the molecule is CCC(C(=O)Nc1ccc(C)cc1)n1cnc2oc(C)c(C)c2c1=O. The summed E-state index contributed by atoms with van der Waals surface area (Å²) in [4.78, 5) is 29.7. The lowest BCUT2D eigenvalue weighted by molar-refractivity contribution is -0.119. The molecule has 130 valence electrons. The lowest BCUT2D eigenvalue weighted by atomic mass is 10.1. The fourth-order valence-corrected chi connectivity index (χ4v) is 2.84. The van der Waals surface area contributed by atoms with E-state index >= 15 is 0 Å². The molecule has 0 spiro atoms. The number of carbonyl (C=O) groups excluding carboxylic acids is 1. The Balaban J connectivity index is 1.97. The Kier molecular flexibility index (Phi) is 4.44. The number of nitrogens with one attached hydrogen (secondary N) is 1. The van der Waals surface area contributed by atoms with Gasteiger partial charge >= 0.3 is 0 Å². The lowest BCUT2D eigenvalue weighted by Gasteiger charge is -2.17. The fraction of sp³-hybridized carbons (Fsp3) is 0.316. The minimum Gasteiger partial charge on any atom is -0.443 e. The zero-order valence-electron chi connectivity index (χ0n) is 14.8. The Hall–Kier alpha value is -2.89. The number of amides is 1. The Morgan fingerprint density at radius 3 is 2.56 bits per heavy atom. The molecule has 0 saturated carbocycles. The molecule has 0 aliphatic rings. The summed E-state index contributed by atoms with van der Waals surface area (Å²) >= 11 is 0. The summed E-state index contributed by atoms with van der Waals surface area (Å²) in [6.07, 6.45) is 1.86. The summed E-state index contributed by atoms with van der Waals surface area (Å²) in [7, 11) is 0. The van der Waals surface area contributed by atoms with E-state index in [4.69, 9.17) is 4.42 Å². The summed E-state index contributed by atoms with van der Waals surface area (Å²) in [5.74, 6) is 0.418. The number of carbonyl (C=O) groups is 1. The number of rotatable bonds is 4. The number of fused-ring (bicyclic) bond motifs is 1. The molecule has 2 heterocycles. The van der Waals surface area contributed by atoms with Gasteiger partial charge in [0.15, 0.2) is 0 Å². The monoisotopic (exact) mass is 339 g/mol. The van der Waals surface area contributed by atoms with Gasteiger partial charge in [-0.2, -0.15) is 0 Å². The number of hydrogen-bond donors (Lipinski definition) is 1. The van der Waals surface area contributed by atoms with Crippen LogP contribution < -0.4 is 10.9 Å². The predicted octanol–water partition coefficient (Wildman–Crippen LogP) is 3.50. The van der Waals surface area contributed by atoms with Crippen molar-refractivity contribution in [3.8, 4) is 0 Å². The minimum absolute atomic E-state index is 0.243. The Morgan fingerprint density at radius 2 is 1.92 bits per heavy atom. The third kappa shape index (κ3) is 3.07. The first kappa shape index (κ1) is 17.0. The van der Waals surface area contributed by atoms with Crippen LogP contribution in [0.5, 0.6) is 0 Å². The molecule has 1 aromatic carbocycles. The molecule has 0 saturated heterocycles. The standard InChI is InChI=1S/C19H21N3O3/c1-5-15(17(23)21-14-8-6-11(2)7-9-14)22-10-20-18-16(19(22)24)12(3)13(4)25-18/h6-10,15H,5H2,1-4H3,(H,21,23). The summed E-state index contributed by atoms with van der Waals surface area (Å²) in [5.41, 5.74) is 2.62. The molecule has 0 bridgehead atoms. The molecule has 0 aliphatic heterocycles. The van der Waals surface area contributed by atoms with Gasteiger partial charge in [-0.1, -0.05) is 24.6 Å². The van der Waals surface area contributed by atoms with Crippen LogP contribution in [-0.2, 0) is 4.79 Å². The fourth-order valence-electron chi connectivity index (χ4n) is 2.84. The van der Waals surface area contributed by atoms with Crippen LogP contribution in [0.4, 0.5) is 5.69 Å². The second-order valence-electron chi connectivity index (χ2n) is 6.20. The number of anilines is 1. The summed E-state index contributed by atoms with van der Waals surface area (Å²) in [5, 5.41) is 3.30. The second kappa shape index (κ2) is 6.55. The Bertz CT molecular complexity index is 984. The molecule has 3 aromatic rings. The first-order valence-corrected chi connectivity index (χ1v) is 8.26. The maximum Gasteiger partial charge on any atom is 0.265 e. The molecular formula is C19H21N3O3. The topological polar surface area (TPSA) is 77.1 Å². The van der Waals surface area contributed by atoms with Crippen molar-refractivity contribution in [3.05, 3.63) is 57.8 Å². The smallest absolute Gasteiger partial charge is 0.265 e. The van der Waals surface area contributed by atoms with Gasteiger partial charge in [-0.05, 0) is 39.3 Å². The number of benzene rings is 1. The molecule has 1 N–H and O–H groups in total. The van der Waals surface area contributed by atoms with E-state index in [9.17, 15) is 9.59 Å². The van der Waals surface area contributed by atoms with Crippen molar-refractivity contribution in [2.75, 3.05) is 5.32 Å². The molecule has 1 unspecified atom stereocenters. The van der Waals surface area contributed by atoms with E-state index in [1.165, 1.54) is 10.9 Å². The second-order valence-corrected chi connectivity index (χ2v) is 6.20. The van der Waals surface area contributed by atoms with E-state index in [0.717, 1.165) is 11.1 Å². The van der Waals surface area contributed by atoms with E-state index in [0.29, 0.717) is 29.0 Å². The third-order valence-corrected chi connectivity index (χ3v) is 4.46. The van der Waals surface area contributed by atoms with Crippen LogP contribution in [0.2, 0.25) is 0 Å². The van der Waals surface area contributed by atoms with Gasteiger partial charge in [0.1, 0.15) is 23.5 Å². The Morgan fingerprint density at radius 1 is 1.24 bits per heavy atom. The maximum atomic E-state index is 12.8. The van der Waals surface area contributed by atoms with Gasteiger partial charge in [-0.15, -0.1) is 0 Å². The van der Waals surface area contributed by atoms with Gasteiger partial charge < -0.3 is 9.73 Å². The summed E-state index contributed by atoms with van der Waals surface area (Å²) < 4.78 is 6.87. The van der Waals surface area contributed by atoms with E-state index in [1.807, 2.05) is 45.0 Å². The first-order valence-electron chi connectivity index (χ1n) is 8.26. The number of aromatic nitrogens is 2. The molecule has 1 amide bonds. The van der Waals surface area contributed by atoms with Crippen LogP contribution in [0.1, 0.15) is 36.3 Å². The maximum absolute atomic E-state index is 12.8. The molecule has 0 radical (unpaired) electrons. The number of furan rings is 1. The first-order chi connectivity index (χ1) is 11.9. The van der Waals surface area contributed by atoms with Gasteiger partial charge in [-0.25, -0.2) is 4.98 Å². The molecule has 6 nitrogen and oxygen atoms in total. The average Bonchev–Trinajstić information content (AvgIpc) is 2.88. The Labute approximate surface area is 145 Å². The highest BCUT2D eigenvalue weighted by atomic mass is 16.3. The van der Waals surface area contributed by atoms with Gasteiger partial charge in [-0.3, -0.25) is 14.2 Å². The van der Waals surface area contributed by atoms with E-state index in [2.05, 4.69) is 10.3 Å². The molecule has 1 atom stereocenters. The van der Waals surface area contributed by atoms with Crippen molar-refractivity contribution >= 4 is 22.7 Å². The van der Waals surface area contributed by atoms with E-state index in [-0.39, 0.29) is 11.5 Å². The van der Waals surface area contributed by atoms with Crippen LogP contribution in [0.3, 0.4) is 0 Å². The van der Waals surface area contributed by atoms with Crippen LogP contribution >= 0.6 is 0 Å². The van der Waals surface area contributed by atoms with Crippen molar-refractivity contribution in [3.63, 3.8) is 0 Å². The van der Waals surface area contributed by atoms with E-state index in [1.54, 1.807) is 6.92 Å². The van der Waals surface area contributed by atoms with E-state index < -0.39 is 6.04 Å². The molecule has 6 heteroatoms. The predicted molar refractivity (Wildman–Crippen MR) is 96.9 cm³/mol. The summed E-state index contributed by atoms with van der Waals surface area (Å²) in [6.45, 7) is 7.46. The highest BCUT2D eigenvalue weighted by molar-refractivity contribution is 5.93. The quantitative estimate of drug-likeness (QED) is 0.789. The third-order valence-electron chi connectivity index (χ3n) is 4.46. The molecular weight excluding hydrogens is 318 g/mol. The van der Waals surface area contributed by atoms with Gasteiger partial charge in [0.2, 0.25) is 11.6 Å².